The first-order chi connectivity index (χ1) is 10.0. The number of benzene rings is 1. The Labute approximate surface area is 130 Å². The number of carboxylic acids is 1. The van der Waals surface area contributed by atoms with Gasteiger partial charge in [0.1, 0.15) is 5.75 Å². The van der Waals surface area contributed by atoms with Crippen LogP contribution >= 0.6 is 15.9 Å². The van der Waals surface area contributed by atoms with E-state index in [0.29, 0.717) is 10.2 Å². The zero-order valence-corrected chi connectivity index (χ0v) is 12.8. The Hall–Kier alpha value is -1.86. The topological polar surface area (TPSA) is 84.9 Å². The van der Waals surface area contributed by atoms with E-state index in [1.54, 1.807) is 18.2 Å². The molecule has 21 heavy (non-hydrogen) atoms. The summed E-state index contributed by atoms with van der Waals surface area (Å²) in [6.07, 6.45) is 1.50. The van der Waals surface area contributed by atoms with Crippen molar-refractivity contribution in [1.82, 2.24) is 5.32 Å². The van der Waals surface area contributed by atoms with Crippen molar-refractivity contribution in [3.05, 3.63) is 41.4 Å². The number of para-hydroxylation sites is 1. The minimum atomic E-state index is -1.17. The van der Waals surface area contributed by atoms with Gasteiger partial charge in [-0.05, 0) is 28.1 Å². The van der Waals surface area contributed by atoms with Crippen molar-refractivity contribution in [2.75, 3.05) is 19.8 Å². The van der Waals surface area contributed by atoms with E-state index in [4.69, 9.17) is 14.6 Å². The summed E-state index contributed by atoms with van der Waals surface area (Å²) in [4.78, 5) is 22.7. The SMILES string of the molecule is C=CCOCC(NC(=O)COc1ccccc1Br)C(=O)O. The molecule has 1 unspecified atom stereocenters. The maximum Gasteiger partial charge on any atom is 0.328 e. The molecule has 0 heterocycles. The smallest absolute Gasteiger partial charge is 0.328 e. The number of carboxylic acid groups (broad SMARTS) is 1. The molecule has 0 saturated carbocycles. The summed E-state index contributed by atoms with van der Waals surface area (Å²) in [5.41, 5.74) is 0. The van der Waals surface area contributed by atoms with Crippen LogP contribution in [0.15, 0.2) is 41.4 Å². The van der Waals surface area contributed by atoms with Crippen LogP contribution in [-0.2, 0) is 14.3 Å². The first-order valence-electron chi connectivity index (χ1n) is 6.12. The molecule has 0 bridgehead atoms. The second kappa shape index (κ2) is 9.15. The molecule has 7 heteroatoms. The Kier molecular flexibility index (Phi) is 7.49. The van der Waals surface area contributed by atoms with E-state index in [1.807, 2.05) is 6.07 Å². The number of rotatable bonds is 9. The highest BCUT2D eigenvalue weighted by Crippen LogP contribution is 2.23. The normalized spacial score (nSPS) is 11.5. The van der Waals surface area contributed by atoms with Gasteiger partial charge in [0.25, 0.3) is 5.91 Å². The lowest BCUT2D eigenvalue weighted by Gasteiger charge is -2.15. The third kappa shape index (κ3) is 6.42. The van der Waals surface area contributed by atoms with Gasteiger partial charge < -0.3 is 19.9 Å². The molecule has 1 aromatic rings. The van der Waals surface area contributed by atoms with Gasteiger partial charge in [0, 0.05) is 0 Å². The first-order valence-corrected chi connectivity index (χ1v) is 6.92. The van der Waals surface area contributed by atoms with Crippen molar-refractivity contribution < 1.29 is 24.2 Å². The fourth-order valence-electron chi connectivity index (χ4n) is 1.39. The molecule has 0 aliphatic heterocycles. The Balaban J connectivity index is 2.45. The Morgan fingerprint density at radius 2 is 2.14 bits per heavy atom. The monoisotopic (exact) mass is 357 g/mol. The molecule has 1 amide bonds. The average molecular weight is 358 g/mol. The lowest BCUT2D eigenvalue weighted by Crippen LogP contribution is -2.45. The summed E-state index contributed by atoms with van der Waals surface area (Å²) < 4.78 is 11.0. The first kappa shape index (κ1) is 17.2. The highest BCUT2D eigenvalue weighted by molar-refractivity contribution is 9.10. The Bertz CT molecular complexity index is 506. The average Bonchev–Trinajstić information content (AvgIpc) is 2.45. The summed E-state index contributed by atoms with van der Waals surface area (Å²) in [6, 6.07) is 5.92. The van der Waals surface area contributed by atoms with E-state index in [2.05, 4.69) is 27.8 Å². The van der Waals surface area contributed by atoms with Crippen LogP contribution in [0.1, 0.15) is 0 Å². The van der Waals surface area contributed by atoms with E-state index >= 15 is 0 Å². The fourth-order valence-corrected chi connectivity index (χ4v) is 1.78. The molecule has 2 N–H and O–H groups in total. The fraction of sp³-hybridized carbons (Fsp3) is 0.286. The number of halogens is 1. The third-order valence-corrected chi connectivity index (χ3v) is 3.00. The molecule has 0 aromatic heterocycles. The van der Waals surface area contributed by atoms with Crippen LogP contribution in [0.25, 0.3) is 0 Å². The van der Waals surface area contributed by atoms with Gasteiger partial charge in [0.15, 0.2) is 12.6 Å². The van der Waals surface area contributed by atoms with Gasteiger partial charge in [-0.2, -0.15) is 0 Å². The highest BCUT2D eigenvalue weighted by Gasteiger charge is 2.20. The Morgan fingerprint density at radius 1 is 1.43 bits per heavy atom. The maximum absolute atomic E-state index is 11.7. The van der Waals surface area contributed by atoms with E-state index in [1.165, 1.54) is 6.08 Å². The van der Waals surface area contributed by atoms with Crippen molar-refractivity contribution in [1.29, 1.82) is 0 Å². The van der Waals surface area contributed by atoms with Crippen molar-refractivity contribution in [2.24, 2.45) is 0 Å². The molecule has 0 fully saturated rings. The van der Waals surface area contributed by atoms with Gasteiger partial charge in [-0.15, -0.1) is 6.58 Å². The number of carbonyl (C=O) groups excluding carboxylic acids is 1. The molecule has 0 radical (unpaired) electrons. The zero-order valence-electron chi connectivity index (χ0n) is 11.3. The summed E-state index contributed by atoms with van der Waals surface area (Å²) in [6.45, 7) is 3.25. The second-order valence-corrected chi connectivity index (χ2v) is 4.86. The minimum absolute atomic E-state index is 0.137. The van der Waals surface area contributed by atoms with Crippen LogP contribution in [0.3, 0.4) is 0 Å². The number of ether oxygens (including phenoxy) is 2. The molecule has 0 spiro atoms. The van der Waals surface area contributed by atoms with Gasteiger partial charge in [0.05, 0.1) is 17.7 Å². The third-order valence-electron chi connectivity index (χ3n) is 2.35. The number of hydrogen-bond acceptors (Lipinski definition) is 4. The lowest BCUT2D eigenvalue weighted by molar-refractivity contribution is -0.143. The summed E-state index contributed by atoms with van der Waals surface area (Å²) >= 11 is 3.28. The minimum Gasteiger partial charge on any atom is -0.483 e. The van der Waals surface area contributed by atoms with Crippen molar-refractivity contribution in [3.63, 3.8) is 0 Å². The molecule has 1 atom stereocenters. The largest absolute Gasteiger partial charge is 0.483 e. The predicted octanol–water partition coefficient (Wildman–Crippen LogP) is 1.60. The predicted molar refractivity (Wildman–Crippen MR) is 80.2 cm³/mol. The van der Waals surface area contributed by atoms with Gasteiger partial charge in [0.2, 0.25) is 0 Å². The number of carbonyl (C=O) groups is 2. The summed E-state index contributed by atoms with van der Waals surface area (Å²) in [7, 11) is 0. The molecule has 6 nitrogen and oxygen atoms in total. The molecule has 1 aromatic carbocycles. The van der Waals surface area contributed by atoms with Crippen LogP contribution in [0.5, 0.6) is 5.75 Å². The van der Waals surface area contributed by atoms with Crippen LogP contribution in [-0.4, -0.2) is 42.8 Å². The standard InChI is InChI=1S/C14H16BrNO5/c1-2-7-20-8-11(14(18)19)16-13(17)9-21-12-6-4-3-5-10(12)15/h2-6,11H,1,7-9H2,(H,16,17)(H,18,19). The number of hydrogen-bond donors (Lipinski definition) is 2. The van der Waals surface area contributed by atoms with Crippen LogP contribution in [0.4, 0.5) is 0 Å². The molecule has 114 valence electrons. The van der Waals surface area contributed by atoms with Gasteiger partial charge in [-0.1, -0.05) is 18.2 Å². The molecular weight excluding hydrogens is 342 g/mol. The lowest BCUT2D eigenvalue weighted by atomic mass is 10.3. The van der Waals surface area contributed by atoms with Crippen LogP contribution < -0.4 is 10.1 Å². The molecular formula is C14H16BrNO5. The molecule has 0 aliphatic carbocycles. The van der Waals surface area contributed by atoms with Crippen molar-refractivity contribution in [2.45, 2.75) is 6.04 Å². The number of amides is 1. The van der Waals surface area contributed by atoms with E-state index < -0.39 is 17.9 Å². The number of aliphatic carboxylic acids is 1. The van der Waals surface area contributed by atoms with Crippen molar-refractivity contribution >= 4 is 27.8 Å². The van der Waals surface area contributed by atoms with Gasteiger partial charge in [-0.3, -0.25) is 4.79 Å². The Morgan fingerprint density at radius 3 is 2.76 bits per heavy atom. The zero-order chi connectivity index (χ0) is 15.7. The molecule has 0 aliphatic rings. The van der Waals surface area contributed by atoms with Gasteiger partial charge in [-0.25, -0.2) is 4.79 Å². The van der Waals surface area contributed by atoms with Crippen LogP contribution in [0, 0.1) is 0 Å². The maximum atomic E-state index is 11.7. The van der Waals surface area contributed by atoms with Crippen LogP contribution in [0.2, 0.25) is 0 Å². The second-order valence-electron chi connectivity index (χ2n) is 4.00. The quantitative estimate of drug-likeness (QED) is 0.517. The van der Waals surface area contributed by atoms with E-state index in [0.717, 1.165) is 0 Å². The van der Waals surface area contributed by atoms with E-state index in [-0.39, 0.29) is 19.8 Å². The summed E-state index contributed by atoms with van der Waals surface area (Å²) in [5.74, 6) is -1.21. The molecule has 0 saturated heterocycles. The van der Waals surface area contributed by atoms with E-state index in [9.17, 15) is 9.59 Å². The highest BCUT2D eigenvalue weighted by atomic mass is 79.9. The number of nitrogens with one attached hydrogen (secondary N) is 1. The van der Waals surface area contributed by atoms with Gasteiger partial charge >= 0.3 is 5.97 Å². The summed E-state index contributed by atoms with van der Waals surface area (Å²) in [5, 5.41) is 11.3. The molecule has 1 rings (SSSR count). The van der Waals surface area contributed by atoms with Crippen molar-refractivity contribution in [3.8, 4) is 5.75 Å².